The molecule has 0 aliphatic rings. The number of nitrogens with two attached hydrogens (primary N) is 1. The Bertz CT molecular complexity index is 370. The first kappa shape index (κ1) is 12.8. The fraction of sp³-hybridized carbons (Fsp3) is 0.364. The molecule has 0 fully saturated rings. The molecule has 0 saturated carbocycles. The molecule has 2 unspecified atom stereocenters. The van der Waals surface area contributed by atoms with Crippen LogP contribution < -0.4 is 5.73 Å². The molecule has 0 saturated heterocycles. The number of benzene rings is 1. The number of hydrogen-bond donors (Lipinski definition) is 2. The molecular formula is C11H14ClNO3. The van der Waals surface area contributed by atoms with E-state index < -0.39 is 18.3 Å². The van der Waals surface area contributed by atoms with Crippen LogP contribution in [0.1, 0.15) is 25.0 Å². The third-order valence-electron chi connectivity index (χ3n) is 2.25. The first-order chi connectivity index (χ1) is 7.56. The summed E-state index contributed by atoms with van der Waals surface area (Å²) >= 11 is 5.92. The highest BCUT2D eigenvalue weighted by molar-refractivity contribution is 6.31. The van der Waals surface area contributed by atoms with Crippen molar-refractivity contribution in [3.8, 4) is 0 Å². The van der Waals surface area contributed by atoms with Gasteiger partial charge >= 0.3 is 6.09 Å². The SMILES string of the molecule is CCC(OC(N)=O)C(O)c1ccccc1Cl. The van der Waals surface area contributed by atoms with E-state index in [0.717, 1.165) is 0 Å². The van der Waals surface area contributed by atoms with Gasteiger partial charge in [0.15, 0.2) is 0 Å². The molecule has 5 heteroatoms. The minimum atomic E-state index is -0.966. The lowest BCUT2D eigenvalue weighted by Crippen LogP contribution is -2.28. The standard InChI is InChI=1S/C11H14ClNO3/c1-2-9(16-11(13)15)10(14)7-5-3-4-6-8(7)12/h3-6,9-10,14H,2H2,1H3,(H2,13,15). The number of rotatable bonds is 4. The number of primary amides is 1. The van der Waals surface area contributed by atoms with Crippen molar-refractivity contribution in [2.24, 2.45) is 5.73 Å². The average molecular weight is 244 g/mol. The number of halogens is 1. The van der Waals surface area contributed by atoms with E-state index in [1.54, 1.807) is 31.2 Å². The van der Waals surface area contributed by atoms with Gasteiger partial charge in [0.1, 0.15) is 12.2 Å². The van der Waals surface area contributed by atoms with Gasteiger partial charge in [0.05, 0.1) is 0 Å². The molecule has 0 aromatic heterocycles. The predicted octanol–water partition coefficient (Wildman–Crippen LogP) is 2.25. The van der Waals surface area contributed by atoms with Gasteiger partial charge in [-0.25, -0.2) is 4.79 Å². The van der Waals surface area contributed by atoms with Crippen molar-refractivity contribution >= 4 is 17.7 Å². The van der Waals surface area contributed by atoms with E-state index in [2.05, 4.69) is 0 Å². The number of ether oxygens (including phenoxy) is 1. The molecule has 1 amide bonds. The van der Waals surface area contributed by atoms with Crippen LogP contribution in [-0.4, -0.2) is 17.3 Å². The fourth-order valence-electron chi connectivity index (χ4n) is 1.44. The minimum absolute atomic E-state index is 0.432. The highest BCUT2D eigenvalue weighted by Gasteiger charge is 2.23. The largest absolute Gasteiger partial charge is 0.443 e. The van der Waals surface area contributed by atoms with Crippen LogP contribution in [0.5, 0.6) is 0 Å². The van der Waals surface area contributed by atoms with Gasteiger partial charge in [-0.2, -0.15) is 0 Å². The van der Waals surface area contributed by atoms with Crippen LogP contribution in [0, 0.1) is 0 Å². The van der Waals surface area contributed by atoms with Crippen molar-refractivity contribution in [3.05, 3.63) is 34.9 Å². The fourth-order valence-corrected chi connectivity index (χ4v) is 1.68. The summed E-state index contributed by atoms with van der Waals surface area (Å²) in [4.78, 5) is 10.6. The number of aliphatic hydroxyl groups excluding tert-OH is 1. The zero-order chi connectivity index (χ0) is 12.1. The summed E-state index contributed by atoms with van der Waals surface area (Å²) in [5.74, 6) is 0. The van der Waals surface area contributed by atoms with Gasteiger partial charge in [0.2, 0.25) is 0 Å². The molecule has 4 nitrogen and oxygen atoms in total. The van der Waals surface area contributed by atoms with Crippen LogP contribution in [0.3, 0.4) is 0 Å². The Morgan fingerprint density at radius 2 is 2.19 bits per heavy atom. The Labute approximate surface area is 99.0 Å². The van der Waals surface area contributed by atoms with Gasteiger partial charge < -0.3 is 15.6 Å². The smallest absolute Gasteiger partial charge is 0.404 e. The number of carbonyl (C=O) groups is 1. The molecule has 2 atom stereocenters. The van der Waals surface area contributed by atoms with Crippen molar-refractivity contribution in [1.82, 2.24) is 0 Å². The van der Waals surface area contributed by atoms with Crippen molar-refractivity contribution in [2.75, 3.05) is 0 Å². The van der Waals surface area contributed by atoms with Crippen molar-refractivity contribution in [2.45, 2.75) is 25.6 Å². The highest BCUT2D eigenvalue weighted by atomic mass is 35.5. The summed E-state index contributed by atoms with van der Waals surface area (Å²) in [6.07, 6.45) is -2.10. The molecular weight excluding hydrogens is 230 g/mol. The molecule has 1 rings (SSSR count). The molecule has 1 aromatic rings. The molecule has 0 spiro atoms. The molecule has 0 aliphatic heterocycles. The van der Waals surface area contributed by atoms with Crippen molar-refractivity contribution in [1.29, 1.82) is 0 Å². The van der Waals surface area contributed by atoms with E-state index in [1.165, 1.54) is 0 Å². The maximum Gasteiger partial charge on any atom is 0.404 e. The summed E-state index contributed by atoms with van der Waals surface area (Å²) in [5.41, 5.74) is 5.44. The second-order valence-corrected chi connectivity index (χ2v) is 3.76. The maximum atomic E-state index is 10.6. The lowest BCUT2D eigenvalue weighted by Gasteiger charge is -2.21. The third kappa shape index (κ3) is 3.12. The van der Waals surface area contributed by atoms with E-state index in [0.29, 0.717) is 17.0 Å². The second-order valence-electron chi connectivity index (χ2n) is 3.35. The molecule has 0 bridgehead atoms. The predicted molar refractivity (Wildman–Crippen MR) is 61.2 cm³/mol. The van der Waals surface area contributed by atoms with Gasteiger partial charge in [-0.1, -0.05) is 36.7 Å². The lowest BCUT2D eigenvalue weighted by atomic mass is 10.0. The number of amides is 1. The summed E-state index contributed by atoms with van der Waals surface area (Å²) in [7, 11) is 0. The maximum absolute atomic E-state index is 10.6. The van der Waals surface area contributed by atoms with Gasteiger partial charge in [-0.15, -0.1) is 0 Å². The summed E-state index contributed by atoms with van der Waals surface area (Å²) in [5, 5.41) is 10.4. The summed E-state index contributed by atoms with van der Waals surface area (Å²) in [6.45, 7) is 1.79. The Morgan fingerprint density at radius 3 is 2.69 bits per heavy atom. The normalized spacial score (nSPS) is 14.2. The van der Waals surface area contributed by atoms with E-state index in [1.807, 2.05) is 0 Å². The number of hydrogen-bond acceptors (Lipinski definition) is 3. The van der Waals surface area contributed by atoms with E-state index in [-0.39, 0.29) is 0 Å². The van der Waals surface area contributed by atoms with Gasteiger partial charge in [-0.3, -0.25) is 0 Å². The van der Waals surface area contributed by atoms with Crippen LogP contribution in [0.4, 0.5) is 4.79 Å². The van der Waals surface area contributed by atoms with Crippen LogP contribution in [0.25, 0.3) is 0 Å². The molecule has 88 valence electrons. The second kappa shape index (κ2) is 5.72. The topological polar surface area (TPSA) is 72.5 Å². The van der Waals surface area contributed by atoms with E-state index in [4.69, 9.17) is 22.1 Å². The molecule has 16 heavy (non-hydrogen) atoms. The third-order valence-corrected chi connectivity index (χ3v) is 2.59. The lowest BCUT2D eigenvalue weighted by molar-refractivity contribution is 0.00341. The summed E-state index contributed by atoms with van der Waals surface area (Å²) < 4.78 is 4.80. The highest BCUT2D eigenvalue weighted by Crippen LogP contribution is 2.27. The monoisotopic (exact) mass is 243 g/mol. The molecule has 1 aromatic carbocycles. The Kier molecular flexibility index (Phi) is 4.58. The number of aliphatic hydroxyl groups is 1. The van der Waals surface area contributed by atoms with E-state index >= 15 is 0 Å². The average Bonchev–Trinajstić information content (AvgIpc) is 2.25. The zero-order valence-electron chi connectivity index (χ0n) is 8.89. The van der Waals surface area contributed by atoms with Crippen molar-refractivity contribution in [3.63, 3.8) is 0 Å². The molecule has 0 heterocycles. The number of carbonyl (C=O) groups excluding carboxylic acids is 1. The van der Waals surface area contributed by atoms with Crippen LogP contribution in [0.15, 0.2) is 24.3 Å². The van der Waals surface area contributed by atoms with Crippen molar-refractivity contribution < 1.29 is 14.6 Å². The summed E-state index contributed by atoms with van der Waals surface area (Å²) in [6, 6.07) is 6.85. The quantitative estimate of drug-likeness (QED) is 0.852. The van der Waals surface area contributed by atoms with Gasteiger partial charge in [0.25, 0.3) is 0 Å². The zero-order valence-corrected chi connectivity index (χ0v) is 9.65. The Hall–Kier alpha value is -1.26. The molecule has 0 radical (unpaired) electrons. The molecule has 0 aliphatic carbocycles. The van der Waals surface area contributed by atoms with Crippen LogP contribution >= 0.6 is 11.6 Å². The minimum Gasteiger partial charge on any atom is -0.443 e. The van der Waals surface area contributed by atoms with Crippen LogP contribution in [-0.2, 0) is 4.74 Å². The van der Waals surface area contributed by atoms with Gasteiger partial charge in [-0.05, 0) is 12.5 Å². The Balaban J connectivity index is 2.86. The van der Waals surface area contributed by atoms with Crippen LogP contribution in [0.2, 0.25) is 5.02 Å². The first-order valence-corrected chi connectivity index (χ1v) is 5.32. The Morgan fingerprint density at radius 1 is 1.56 bits per heavy atom. The molecule has 3 N–H and O–H groups in total. The first-order valence-electron chi connectivity index (χ1n) is 4.94. The van der Waals surface area contributed by atoms with Gasteiger partial charge in [0, 0.05) is 10.6 Å². The van der Waals surface area contributed by atoms with E-state index in [9.17, 15) is 9.90 Å².